The number of nitrogens with one attached hydrogen (secondary N) is 2. The summed E-state index contributed by atoms with van der Waals surface area (Å²) in [5, 5.41) is 13.5. The van der Waals surface area contributed by atoms with Crippen LogP contribution in [0.4, 0.5) is 5.95 Å². The fourth-order valence-corrected chi connectivity index (χ4v) is 2.81. The Balaban J connectivity index is 1.59. The molecule has 0 aliphatic heterocycles. The molecule has 0 fully saturated rings. The van der Waals surface area contributed by atoms with Crippen LogP contribution in [0.15, 0.2) is 89.0 Å². The first-order valence-corrected chi connectivity index (χ1v) is 9.30. The lowest BCUT2D eigenvalue weighted by molar-refractivity contribution is 0.479. The summed E-state index contributed by atoms with van der Waals surface area (Å²) in [6.07, 6.45) is 4.83. The van der Waals surface area contributed by atoms with Crippen LogP contribution in [-0.4, -0.2) is 21.2 Å². The highest BCUT2D eigenvalue weighted by atomic mass is 16.5. The number of nitrogens with zero attached hydrogens (tertiary/aromatic N) is 4. The van der Waals surface area contributed by atoms with Gasteiger partial charge in [-0.05, 0) is 24.3 Å². The number of nitriles is 1. The Bertz CT molecular complexity index is 1310. The number of hydrazone groups is 1. The molecule has 0 aliphatic carbocycles. The predicted octanol–water partition coefficient (Wildman–Crippen LogP) is 3.94. The average Bonchev–Trinajstić information content (AvgIpc) is 2.81. The van der Waals surface area contributed by atoms with Gasteiger partial charge in [0.05, 0.1) is 18.1 Å². The molecule has 0 spiro atoms. The average molecular weight is 408 g/mol. The number of anilines is 1. The summed E-state index contributed by atoms with van der Waals surface area (Å²) in [5.74, 6) is 1.30. The molecule has 4 aromatic rings. The molecule has 0 saturated carbocycles. The van der Waals surface area contributed by atoms with Crippen molar-refractivity contribution in [3.63, 3.8) is 0 Å². The molecule has 4 rings (SSSR count). The van der Waals surface area contributed by atoms with E-state index in [0.29, 0.717) is 22.6 Å². The molecule has 0 amide bonds. The van der Waals surface area contributed by atoms with Crippen LogP contribution in [0.2, 0.25) is 0 Å². The number of pyridine rings is 1. The van der Waals surface area contributed by atoms with Crippen molar-refractivity contribution in [2.75, 3.05) is 5.43 Å². The number of aromatic amines is 1. The molecule has 0 atom stereocenters. The fraction of sp³-hybridized carbons (Fsp3) is 0. The van der Waals surface area contributed by atoms with Crippen molar-refractivity contribution in [2.24, 2.45) is 5.10 Å². The van der Waals surface area contributed by atoms with Gasteiger partial charge in [-0.3, -0.25) is 14.8 Å². The minimum atomic E-state index is -0.547. The highest BCUT2D eigenvalue weighted by molar-refractivity contribution is 5.84. The minimum Gasteiger partial charge on any atom is -0.455 e. The third-order valence-corrected chi connectivity index (χ3v) is 4.23. The Hall–Kier alpha value is -4.77. The smallest absolute Gasteiger partial charge is 0.270 e. The molecule has 8 heteroatoms. The Morgan fingerprint density at radius 1 is 1.06 bits per heavy atom. The summed E-state index contributed by atoms with van der Waals surface area (Å²) in [7, 11) is 0. The van der Waals surface area contributed by atoms with Gasteiger partial charge in [0.25, 0.3) is 5.56 Å². The number of hydrogen-bond acceptors (Lipinski definition) is 7. The second kappa shape index (κ2) is 9.15. The summed E-state index contributed by atoms with van der Waals surface area (Å²) >= 11 is 0. The van der Waals surface area contributed by atoms with E-state index in [1.807, 2.05) is 48.5 Å². The Morgan fingerprint density at radius 3 is 2.65 bits per heavy atom. The highest BCUT2D eigenvalue weighted by Crippen LogP contribution is 2.23. The van der Waals surface area contributed by atoms with E-state index in [2.05, 4.69) is 25.5 Å². The number of hydrogen-bond donors (Lipinski definition) is 2. The lowest BCUT2D eigenvalue weighted by Crippen LogP contribution is -2.16. The van der Waals surface area contributed by atoms with Gasteiger partial charge in [0.2, 0.25) is 5.95 Å². The second-order valence-corrected chi connectivity index (χ2v) is 6.31. The van der Waals surface area contributed by atoms with Crippen molar-refractivity contribution in [1.82, 2.24) is 15.0 Å². The molecule has 0 radical (unpaired) electrons. The van der Waals surface area contributed by atoms with Crippen LogP contribution in [0.25, 0.3) is 11.3 Å². The van der Waals surface area contributed by atoms with Gasteiger partial charge in [-0.1, -0.05) is 42.5 Å². The molecule has 2 N–H and O–H groups in total. The normalized spacial score (nSPS) is 10.5. The maximum Gasteiger partial charge on any atom is 0.270 e. The summed E-state index contributed by atoms with van der Waals surface area (Å²) in [6.45, 7) is 0. The van der Waals surface area contributed by atoms with Gasteiger partial charge in [0.1, 0.15) is 23.1 Å². The highest BCUT2D eigenvalue weighted by Gasteiger charge is 2.12. The van der Waals surface area contributed by atoms with Crippen LogP contribution < -0.4 is 15.7 Å². The SMILES string of the molecule is N#Cc1c(-c2ccccc2)nc(NN=Cc2ccccc2Oc2cccnc2)[nH]c1=O. The van der Waals surface area contributed by atoms with Crippen LogP contribution in [0, 0.1) is 11.3 Å². The van der Waals surface area contributed by atoms with E-state index in [1.165, 1.54) is 0 Å². The standard InChI is InChI=1S/C23H16N6O2/c24-13-19-21(16-7-2-1-3-8-16)27-23(28-22(19)30)29-26-14-17-9-4-5-11-20(17)31-18-10-6-12-25-15-18/h1-12,14-15H,(H2,27,28,29,30). The van der Waals surface area contributed by atoms with Crippen molar-refractivity contribution in [3.05, 3.63) is 101 Å². The number of H-pyrrole nitrogens is 1. The number of rotatable bonds is 6. The molecular weight excluding hydrogens is 392 g/mol. The van der Waals surface area contributed by atoms with Crippen LogP contribution >= 0.6 is 0 Å². The topological polar surface area (TPSA) is 116 Å². The largest absolute Gasteiger partial charge is 0.455 e. The quantitative estimate of drug-likeness (QED) is 0.369. The van der Waals surface area contributed by atoms with Crippen molar-refractivity contribution >= 4 is 12.2 Å². The molecule has 2 aromatic carbocycles. The molecule has 8 nitrogen and oxygen atoms in total. The Morgan fingerprint density at radius 2 is 1.87 bits per heavy atom. The molecule has 0 bridgehead atoms. The van der Waals surface area contributed by atoms with E-state index < -0.39 is 5.56 Å². The van der Waals surface area contributed by atoms with Crippen LogP contribution in [0.5, 0.6) is 11.5 Å². The zero-order valence-electron chi connectivity index (χ0n) is 16.2. The summed E-state index contributed by atoms with van der Waals surface area (Å²) < 4.78 is 5.85. The molecule has 31 heavy (non-hydrogen) atoms. The minimum absolute atomic E-state index is 0.0593. The molecule has 0 unspecified atom stereocenters. The predicted molar refractivity (Wildman–Crippen MR) is 117 cm³/mol. The molecule has 0 aliphatic rings. The third-order valence-electron chi connectivity index (χ3n) is 4.23. The lowest BCUT2D eigenvalue weighted by atomic mass is 10.1. The molecule has 150 valence electrons. The zero-order valence-corrected chi connectivity index (χ0v) is 16.2. The number of aromatic nitrogens is 3. The zero-order chi connectivity index (χ0) is 21.5. The first kappa shape index (κ1) is 19.5. The van der Waals surface area contributed by atoms with Gasteiger partial charge in [-0.2, -0.15) is 10.4 Å². The van der Waals surface area contributed by atoms with E-state index in [1.54, 1.807) is 42.9 Å². The number of benzene rings is 2. The monoisotopic (exact) mass is 408 g/mol. The fourth-order valence-electron chi connectivity index (χ4n) is 2.81. The second-order valence-electron chi connectivity index (χ2n) is 6.31. The number of para-hydroxylation sites is 1. The van der Waals surface area contributed by atoms with E-state index in [9.17, 15) is 10.1 Å². The molecule has 2 heterocycles. The van der Waals surface area contributed by atoms with Gasteiger partial charge >= 0.3 is 0 Å². The lowest BCUT2D eigenvalue weighted by Gasteiger charge is -2.08. The third kappa shape index (κ3) is 4.63. The van der Waals surface area contributed by atoms with Gasteiger partial charge < -0.3 is 4.74 Å². The molecular formula is C23H16N6O2. The summed E-state index contributed by atoms with van der Waals surface area (Å²) in [4.78, 5) is 23.2. The van der Waals surface area contributed by atoms with Crippen LogP contribution in [-0.2, 0) is 0 Å². The van der Waals surface area contributed by atoms with Gasteiger partial charge in [-0.25, -0.2) is 10.4 Å². The van der Waals surface area contributed by atoms with E-state index in [0.717, 1.165) is 0 Å². The van der Waals surface area contributed by atoms with E-state index in [4.69, 9.17) is 4.74 Å². The Labute approximate surface area is 177 Å². The van der Waals surface area contributed by atoms with Gasteiger partial charge in [0.15, 0.2) is 0 Å². The van der Waals surface area contributed by atoms with Gasteiger partial charge in [0, 0.05) is 17.3 Å². The maximum atomic E-state index is 12.3. The summed E-state index contributed by atoms with van der Waals surface area (Å²) in [5.41, 5.74) is 3.75. The van der Waals surface area contributed by atoms with Crippen molar-refractivity contribution in [3.8, 4) is 28.8 Å². The Kier molecular flexibility index (Phi) is 5.77. The number of ether oxygens (including phenoxy) is 1. The van der Waals surface area contributed by atoms with Gasteiger partial charge in [-0.15, -0.1) is 0 Å². The first-order chi connectivity index (χ1) is 15.2. The maximum absolute atomic E-state index is 12.3. The van der Waals surface area contributed by atoms with Crippen molar-refractivity contribution in [2.45, 2.75) is 0 Å². The van der Waals surface area contributed by atoms with E-state index in [-0.39, 0.29) is 17.2 Å². The van der Waals surface area contributed by atoms with Crippen LogP contribution in [0.3, 0.4) is 0 Å². The van der Waals surface area contributed by atoms with Crippen LogP contribution in [0.1, 0.15) is 11.1 Å². The summed E-state index contributed by atoms with van der Waals surface area (Å²) in [6, 6.07) is 21.9. The first-order valence-electron chi connectivity index (χ1n) is 9.30. The van der Waals surface area contributed by atoms with Crippen molar-refractivity contribution < 1.29 is 4.74 Å². The van der Waals surface area contributed by atoms with E-state index >= 15 is 0 Å². The molecule has 2 aromatic heterocycles. The molecule has 0 saturated heterocycles. The van der Waals surface area contributed by atoms with Crippen molar-refractivity contribution in [1.29, 1.82) is 5.26 Å².